The van der Waals surface area contributed by atoms with Crippen LogP contribution in [0.4, 0.5) is 5.69 Å². The molecule has 0 bridgehead atoms. The van der Waals surface area contributed by atoms with Crippen molar-refractivity contribution in [2.45, 2.75) is 57.8 Å². The van der Waals surface area contributed by atoms with Crippen LogP contribution < -0.4 is 4.90 Å². The second-order valence-corrected chi connectivity index (χ2v) is 7.79. The Bertz CT molecular complexity index is 637. The summed E-state index contributed by atoms with van der Waals surface area (Å²) in [7, 11) is 0. The normalized spacial score (nSPS) is 21.0. The minimum atomic E-state index is 1.16. The first-order valence-electron chi connectivity index (χ1n) is 10.4. The molecular weight excluding hydrogens is 304 g/mol. The van der Waals surface area contributed by atoms with Gasteiger partial charge in [-0.25, -0.2) is 0 Å². The molecule has 134 valence electrons. The van der Waals surface area contributed by atoms with Crippen LogP contribution in [0.1, 0.15) is 56.9 Å². The topological polar surface area (TPSA) is 6.48 Å². The van der Waals surface area contributed by atoms with Crippen LogP contribution in [0.25, 0.3) is 0 Å². The molecule has 2 heterocycles. The summed E-state index contributed by atoms with van der Waals surface area (Å²) in [6.45, 7) is 5.10. The van der Waals surface area contributed by atoms with Crippen LogP contribution in [0.5, 0.6) is 0 Å². The number of rotatable bonds is 5. The highest BCUT2D eigenvalue weighted by Crippen LogP contribution is 2.36. The summed E-state index contributed by atoms with van der Waals surface area (Å²) in [6, 6.07) is 9.07. The minimum absolute atomic E-state index is 1.16. The molecule has 0 aromatic heterocycles. The van der Waals surface area contributed by atoms with E-state index in [1.165, 1.54) is 94.4 Å². The Labute approximate surface area is 153 Å². The summed E-state index contributed by atoms with van der Waals surface area (Å²) < 4.78 is 0. The number of unbranched alkanes of at least 4 members (excludes halogenated alkanes) is 1. The molecule has 0 amide bonds. The number of aryl methyl sites for hydroxylation is 1. The van der Waals surface area contributed by atoms with Gasteiger partial charge in [0.05, 0.1) is 0 Å². The Morgan fingerprint density at radius 3 is 2.52 bits per heavy atom. The molecule has 1 aromatic rings. The molecule has 1 aromatic carbocycles. The number of para-hydroxylation sites is 1. The third-order valence-electron chi connectivity index (χ3n) is 6.02. The van der Waals surface area contributed by atoms with Crippen LogP contribution in [0, 0.1) is 0 Å². The average molecular weight is 337 g/mol. The van der Waals surface area contributed by atoms with E-state index in [9.17, 15) is 0 Å². The molecule has 3 aliphatic rings. The van der Waals surface area contributed by atoms with Gasteiger partial charge >= 0.3 is 0 Å². The Balaban J connectivity index is 1.43. The summed E-state index contributed by atoms with van der Waals surface area (Å²) in [5.74, 6) is 0. The van der Waals surface area contributed by atoms with E-state index in [2.05, 4.69) is 46.2 Å². The lowest BCUT2D eigenvalue weighted by Gasteiger charge is -2.31. The largest absolute Gasteiger partial charge is 0.341 e. The number of allylic oxidation sites excluding steroid dienone is 3. The van der Waals surface area contributed by atoms with Crippen molar-refractivity contribution < 1.29 is 0 Å². The van der Waals surface area contributed by atoms with Crippen molar-refractivity contribution in [3.05, 3.63) is 53.3 Å². The van der Waals surface area contributed by atoms with Crippen molar-refractivity contribution >= 4 is 5.69 Å². The van der Waals surface area contributed by atoms with Crippen molar-refractivity contribution in [2.24, 2.45) is 0 Å². The number of fused-ring (bicyclic) bond motifs is 2. The zero-order chi connectivity index (χ0) is 16.9. The summed E-state index contributed by atoms with van der Waals surface area (Å²) in [5, 5.41) is 0. The number of benzene rings is 1. The summed E-state index contributed by atoms with van der Waals surface area (Å²) in [5.41, 5.74) is 6.07. The Hall–Kier alpha value is -1.54. The van der Waals surface area contributed by atoms with Gasteiger partial charge in [-0.15, -0.1) is 0 Å². The molecular formula is C23H32N2. The van der Waals surface area contributed by atoms with E-state index < -0.39 is 0 Å². The lowest BCUT2D eigenvalue weighted by molar-refractivity contribution is 0.225. The highest BCUT2D eigenvalue weighted by Gasteiger charge is 2.23. The lowest BCUT2D eigenvalue weighted by atomic mass is 9.98. The predicted molar refractivity (Wildman–Crippen MR) is 107 cm³/mol. The Kier molecular flexibility index (Phi) is 5.56. The number of nitrogens with zero attached hydrogens (tertiary/aromatic N) is 2. The van der Waals surface area contributed by atoms with Gasteiger partial charge < -0.3 is 9.80 Å². The molecule has 0 unspecified atom stereocenters. The maximum Gasteiger partial charge on any atom is 0.0443 e. The highest BCUT2D eigenvalue weighted by atomic mass is 15.2. The molecule has 1 fully saturated rings. The standard InChI is InChI=1S/C23H32N2/c1-6-16-24(17-7-1)18-8-9-19-25-22-12-4-2-10-20(22)14-15-21-11-3-5-13-23(21)25/h2,4,10-13H,1,3,5-9,14-19H2. The molecule has 2 aliphatic heterocycles. The van der Waals surface area contributed by atoms with Gasteiger partial charge in [0.15, 0.2) is 0 Å². The second kappa shape index (κ2) is 8.23. The van der Waals surface area contributed by atoms with Crippen LogP contribution in [0.2, 0.25) is 0 Å². The zero-order valence-corrected chi connectivity index (χ0v) is 15.6. The maximum atomic E-state index is 2.67. The molecule has 0 atom stereocenters. The summed E-state index contributed by atoms with van der Waals surface area (Å²) >= 11 is 0. The summed E-state index contributed by atoms with van der Waals surface area (Å²) in [6.07, 6.45) is 16.6. The van der Waals surface area contributed by atoms with Gasteiger partial charge in [-0.2, -0.15) is 0 Å². The number of hydrogen-bond acceptors (Lipinski definition) is 2. The van der Waals surface area contributed by atoms with E-state index in [4.69, 9.17) is 0 Å². The van der Waals surface area contributed by atoms with Crippen molar-refractivity contribution in [2.75, 3.05) is 31.1 Å². The number of hydrogen-bond donors (Lipinski definition) is 0. The van der Waals surface area contributed by atoms with Gasteiger partial charge in [0, 0.05) is 17.9 Å². The van der Waals surface area contributed by atoms with Gasteiger partial charge in [-0.3, -0.25) is 0 Å². The fraction of sp³-hybridized carbons (Fsp3) is 0.565. The first kappa shape index (κ1) is 16.9. The van der Waals surface area contributed by atoms with Gasteiger partial charge in [0.25, 0.3) is 0 Å². The predicted octanol–water partition coefficient (Wildman–Crippen LogP) is 5.31. The molecule has 2 heteroatoms. The van der Waals surface area contributed by atoms with E-state index in [0.717, 1.165) is 6.54 Å². The monoisotopic (exact) mass is 336 g/mol. The van der Waals surface area contributed by atoms with Gasteiger partial charge in [-0.05, 0) is 88.2 Å². The van der Waals surface area contributed by atoms with Gasteiger partial charge in [0.1, 0.15) is 0 Å². The van der Waals surface area contributed by atoms with Gasteiger partial charge in [-0.1, -0.05) is 36.8 Å². The fourth-order valence-corrected chi connectivity index (χ4v) is 4.64. The molecule has 0 N–H and O–H groups in total. The quantitative estimate of drug-likeness (QED) is 0.672. The molecule has 2 nitrogen and oxygen atoms in total. The van der Waals surface area contributed by atoms with Crippen molar-refractivity contribution in [3.63, 3.8) is 0 Å². The van der Waals surface area contributed by atoms with Crippen molar-refractivity contribution in [3.8, 4) is 0 Å². The smallest absolute Gasteiger partial charge is 0.0443 e. The van der Waals surface area contributed by atoms with E-state index >= 15 is 0 Å². The van der Waals surface area contributed by atoms with E-state index in [0.29, 0.717) is 0 Å². The van der Waals surface area contributed by atoms with Crippen LogP contribution in [0.15, 0.2) is 47.7 Å². The average Bonchev–Trinajstić information content (AvgIpc) is 2.83. The third kappa shape index (κ3) is 4.00. The fourth-order valence-electron chi connectivity index (χ4n) is 4.64. The maximum absolute atomic E-state index is 2.67. The first-order valence-corrected chi connectivity index (χ1v) is 10.4. The Morgan fingerprint density at radius 2 is 1.60 bits per heavy atom. The molecule has 4 rings (SSSR count). The molecule has 0 spiro atoms. The minimum Gasteiger partial charge on any atom is -0.341 e. The first-order chi connectivity index (χ1) is 12.4. The van der Waals surface area contributed by atoms with E-state index in [1.54, 1.807) is 5.57 Å². The van der Waals surface area contributed by atoms with Crippen LogP contribution in [-0.4, -0.2) is 31.1 Å². The number of piperidine rings is 1. The SMILES string of the molecule is C1=C2CCc3ccccc3N(CCCCN3CCCCC3)C2=CCC1. The molecule has 0 saturated carbocycles. The van der Waals surface area contributed by atoms with Crippen LogP contribution >= 0.6 is 0 Å². The van der Waals surface area contributed by atoms with Crippen LogP contribution in [-0.2, 0) is 6.42 Å². The number of anilines is 1. The molecule has 1 saturated heterocycles. The van der Waals surface area contributed by atoms with Crippen LogP contribution in [0.3, 0.4) is 0 Å². The van der Waals surface area contributed by atoms with E-state index in [1.807, 2.05) is 0 Å². The second-order valence-electron chi connectivity index (χ2n) is 7.79. The van der Waals surface area contributed by atoms with Crippen molar-refractivity contribution in [1.82, 2.24) is 4.90 Å². The summed E-state index contributed by atoms with van der Waals surface area (Å²) in [4.78, 5) is 5.30. The van der Waals surface area contributed by atoms with Crippen molar-refractivity contribution in [1.29, 1.82) is 0 Å². The van der Waals surface area contributed by atoms with Gasteiger partial charge in [0.2, 0.25) is 0 Å². The lowest BCUT2D eigenvalue weighted by Crippen LogP contribution is -2.31. The number of likely N-dealkylation sites (tertiary alicyclic amines) is 1. The Morgan fingerprint density at radius 1 is 0.800 bits per heavy atom. The molecule has 1 aliphatic carbocycles. The molecule has 25 heavy (non-hydrogen) atoms. The van der Waals surface area contributed by atoms with E-state index in [-0.39, 0.29) is 0 Å². The zero-order valence-electron chi connectivity index (χ0n) is 15.6. The third-order valence-corrected chi connectivity index (χ3v) is 6.02. The molecule has 0 radical (unpaired) electrons. The highest BCUT2D eigenvalue weighted by molar-refractivity contribution is 5.64.